The van der Waals surface area contributed by atoms with Crippen molar-refractivity contribution in [3.63, 3.8) is 0 Å². The zero-order valence-corrected chi connectivity index (χ0v) is 14.9. The molecule has 26 heavy (non-hydrogen) atoms. The molecule has 1 aliphatic rings. The lowest BCUT2D eigenvalue weighted by molar-refractivity contribution is 0.624. The first-order valence-corrected chi connectivity index (χ1v) is 8.71. The van der Waals surface area contributed by atoms with Gasteiger partial charge in [0.25, 0.3) is 0 Å². The largest absolute Gasteiger partial charge is 0.368 e. The number of aromatic nitrogens is 4. The molecule has 0 unspecified atom stereocenters. The molecular formula is C19H21FN6. The zero-order valence-electron chi connectivity index (χ0n) is 14.9. The Morgan fingerprint density at radius 3 is 2.15 bits per heavy atom. The number of hydrogen-bond donors (Lipinski definition) is 0. The molecule has 0 saturated carbocycles. The molecule has 1 saturated heterocycles. The minimum absolute atomic E-state index is 0.204. The summed E-state index contributed by atoms with van der Waals surface area (Å²) >= 11 is 0. The second-order valence-electron chi connectivity index (χ2n) is 6.52. The van der Waals surface area contributed by atoms with Gasteiger partial charge in [-0.2, -0.15) is 5.10 Å². The van der Waals surface area contributed by atoms with Gasteiger partial charge in [0.15, 0.2) is 5.82 Å². The van der Waals surface area contributed by atoms with E-state index < -0.39 is 0 Å². The van der Waals surface area contributed by atoms with Crippen LogP contribution in [0.5, 0.6) is 0 Å². The van der Waals surface area contributed by atoms with Crippen LogP contribution < -0.4 is 9.80 Å². The molecule has 4 rings (SSSR count). The highest BCUT2D eigenvalue weighted by atomic mass is 19.1. The van der Waals surface area contributed by atoms with Crippen molar-refractivity contribution in [1.82, 2.24) is 19.7 Å². The Bertz CT molecular complexity index is 897. The van der Waals surface area contributed by atoms with E-state index in [-0.39, 0.29) is 5.82 Å². The zero-order chi connectivity index (χ0) is 18.1. The maximum atomic E-state index is 13.1. The van der Waals surface area contributed by atoms with Crippen LogP contribution in [0.4, 0.5) is 15.9 Å². The molecule has 0 spiro atoms. The molecule has 6 nitrogen and oxygen atoms in total. The van der Waals surface area contributed by atoms with E-state index in [9.17, 15) is 4.39 Å². The summed E-state index contributed by atoms with van der Waals surface area (Å²) in [5.41, 5.74) is 3.07. The number of piperazine rings is 1. The third-order valence-electron chi connectivity index (χ3n) is 4.66. The second kappa shape index (κ2) is 6.74. The number of aryl methyl sites for hydroxylation is 2. The quantitative estimate of drug-likeness (QED) is 0.725. The SMILES string of the molecule is Cc1cc(C)n(-c2cc(N3CCN(c4ccc(F)cc4)CC3)ncn2)n1. The van der Waals surface area contributed by atoms with Crippen LogP contribution >= 0.6 is 0 Å². The fourth-order valence-corrected chi connectivity index (χ4v) is 3.33. The minimum atomic E-state index is -0.204. The van der Waals surface area contributed by atoms with Gasteiger partial charge in [0.2, 0.25) is 0 Å². The van der Waals surface area contributed by atoms with Crippen LogP contribution in [0.3, 0.4) is 0 Å². The van der Waals surface area contributed by atoms with Gasteiger partial charge >= 0.3 is 0 Å². The number of benzene rings is 1. The number of nitrogens with zero attached hydrogens (tertiary/aromatic N) is 6. The number of rotatable bonds is 3. The topological polar surface area (TPSA) is 50.1 Å². The Morgan fingerprint density at radius 1 is 0.846 bits per heavy atom. The smallest absolute Gasteiger partial charge is 0.159 e. The summed E-state index contributed by atoms with van der Waals surface area (Å²) in [4.78, 5) is 13.3. The van der Waals surface area contributed by atoms with E-state index in [0.29, 0.717) is 0 Å². The Labute approximate surface area is 151 Å². The lowest BCUT2D eigenvalue weighted by Crippen LogP contribution is -2.46. The van der Waals surface area contributed by atoms with Crippen molar-refractivity contribution >= 4 is 11.5 Å². The van der Waals surface area contributed by atoms with Gasteiger partial charge in [-0.1, -0.05) is 0 Å². The summed E-state index contributed by atoms with van der Waals surface area (Å²) in [6.45, 7) is 7.43. The van der Waals surface area contributed by atoms with Crippen molar-refractivity contribution in [2.24, 2.45) is 0 Å². The third kappa shape index (κ3) is 3.24. The van der Waals surface area contributed by atoms with Crippen molar-refractivity contribution < 1.29 is 4.39 Å². The molecule has 2 aromatic heterocycles. The van der Waals surface area contributed by atoms with Crippen molar-refractivity contribution in [2.45, 2.75) is 13.8 Å². The van der Waals surface area contributed by atoms with Crippen molar-refractivity contribution in [3.05, 3.63) is 59.9 Å². The van der Waals surface area contributed by atoms with E-state index in [1.54, 1.807) is 6.33 Å². The van der Waals surface area contributed by atoms with Gasteiger partial charge < -0.3 is 9.80 Å². The van der Waals surface area contributed by atoms with Gasteiger partial charge in [-0.15, -0.1) is 0 Å². The predicted molar refractivity (Wildman–Crippen MR) is 99.5 cm³/mol. The van der Waals surface area contributed by atoms with Crippen LogP contribution in [0.1, 0.15) is 11.4 Å². The van der Waals surface area contributed by atoms with Gasteiger partial charge in [0.1, 0.15) is 18.0 Å². The first-order valence-electron chi connectivity index (χ1n) is 8.71. The first-order chi connectivity index (χ1) is 12.6. The normalized spacial score (nSPS) is 14.7. The van der Waals surface area contributed by atoms with Crippen molar-refractivity contribution in [1.29, 1.82) is 0 Å². The fourth-order valence-electron chi connectivity index (χ4n) is 3.33. The van der Waals surface area contributed by atoms with Gasteiger partial charge in [-0.3, -0.25) is 0 Å². The summed E-state index contributed by atoms with van der Waals surface area (Å²) < 4.78 is 14.9. The molecule has 1 aliphatic heterocycles. The van der Waals surface area contributed by atoms with Gasteiger partial charge in [-0.05, 0) is 44.2 Å². The first kappa shape index (κ1) is 16.5. The second-order valence-corrected chi connectivity index (χ2v) is 6.52. The summed E-state index contributed by atoms with van der Waals surface area (Å²) in [6.07, 6.45) is 1.59. The van der Waals surface area contributed by atoms with E-state index in [1.807, 2.05) is 42.8 Å². The summed E-state index contributed by atoms with van der Waals surface area (Å²) in [5, 5.41) is 4.49. The van der Waals surface area contributed by atoms with Crippen LogP contribution in [0, 0.1) is 19.7 Å². The van der Waals surface area contributed by atoms with Crippen LogP contribution in [0.15, 0.2) is 42.7 Å². The molecular weight excluding hydrogens is 331 g/mol. The molecule has 0 aliphatic carbocycles. The molecule has 134 valence electrons. The summed E-state index contributed by atoms with van der Waals surface area (Å²) in [7, 11) is 0. The number of hydrogen-bond acceptors (Lipinski definition) is 5. The van der Waals surface area contributed by atoms with E-state index in [1.165, 1.54) is 12.1 Å². The minimum Gasteiger partial charge on any atom is -0.368 e. The molecule has 0 radical (unpaired) electrons. The molecule has 7 heteroatoms. The van der Waals surface area contributed by atoms with Crippen molar-refractivity contribution in [2.75, 3.05) is 36.0 Å². The molecule has 0 atom stereocenters. The van der Waals surface area contributed by atoms with Crippen LogP contribution in [-0.2, 0) is 0 Å². The van der Waals surface area contributed by atoms with E-state index in [4.69, 9.17) is 0 Å². The molecule has 0 bridgehead atoms. The van der Waals surface area contributed by atoms with Crippen LogP contribution in [0.2, 0.25) is 0 Å². The Kier molecular flexibility index (Phi) is 4.28. The summed E-state index contributed by atoms with van der Waals surface area (Å²) in [5.74, 6) is 1.48. The molecule has 0 N–H and O–H groups in total. The van der Waals surface area contributed by atoms with E-state index >= 15 is 0 Å². The fraction of sp³-hybridized carbons (Fsp3) is 0.316. The van der Waals surface area contributed by atoms with E-state index in [2.05, 4.69) is 24.9 Å². The van der Waals surface area contributed by atoms with Crippen molar-refractivity contribution in [3.8, 4) is 5.82 Å². The molecule has 0 amide bonds. The lowest BCUT2D eigenvalue weighted by atomic mass is 10.2. The Balaban J connectivity index is 1.48. The molecule has 3 aromatic rings. The average Bonchev–Trinajstić information content (AvgIpc) is 3.01. The average molecular weight is 352 g/mol. The van der Waals surface area contributed by atoms with E-state index in [0.717, 1.165) is 54.9 Å². The van der Waals surface area contributed by atoms with Crippen LogP contribution in [0.25, 0.3) is 5.82 Å². The molecule has 1 fully saturated rings. The predicted octanol–water partition coefficient (Wildman–Crippen LogP) is 2.74. The lowest BCUT2D eigenvalue weighted by Gasteiger charge is -2.36. The number of anilines is 2. The Hall–Kier alpha value is -2.96. The highest BCUT2D eigenvalue weighted by Crippen LogP contribution is 2.21. The third-order valence-corrected chi connectivity index (χ3v) is 4.66. The van der Waals surface area contributed by atoms with Gasteiger partial charge in [0, 0.05) is 43.6 Å². The highest BCUT2D eigenvalue weighted by molar-refractivity contribution is 5.50. The van der Waals surface area contributed by atoms with Crippen LogP contribution in [-0.4, -0.2) is 45.9 Å². The maximum Gasteiger partial charge on any atom is 0.159 e. The number of halogens is 1. The highest BCUT2D eigenvalue weighted by Gasteiger charge is 2.19. The Morgan fingerprint density at radius 2 is 1.50 bits per heavy atom. The molecule has 1 aromatic carbocycles. The molecule has 3 heterocycles. The maximum absolute atomic E-state index is 13.1. The monoisotopic (exact) mass is 352 g/mol. The summed E-state index contributed by atoms with van der Waals surface area (Å²) in [6, 6.07) is 10.7. The standard InChI is InChI=1S/C19H21FN6/c1-14-11-15(2)26(23-14)19-12-18(21-13-22-19)25-9-7-24(8-10-25)17-5-3-16(20)4-6-17/h3-6,11-13H,7-10H2,1-2H3. The van der Waals surface area contributed by atoms with Gasteiger partial charge in [-0.25, -0.2) is 19.0 Å². The van der Waals surface area contributed by atoms with Gasteiger partial charge in [0.05, 0.1) is 5.69 Å².